The number of rotatable bonds is 6. The molecule has 0 saturated heterocycles. The molecule has 0 aliphatic carbocycles. The van der Waals surface area contributed by atoms with Crippen molar-refractivity contribution >= 4 is 10.9 Å². The molecule has 1 atom stereocenters. The van der Waals surface area contributed by atoms with Crippen LogP contribution in [0.15, 0.2) is 84.9 Å². The Morgan fingerprint density at radius 3 is 2.22 bits per heavy atom. The number of hydrogen-bond donors (Lipinski definition) is 1. The van der Waals surface area contributed by atoms with Gasteiger partial charge in [0.2, 0.25) is 0 Å². The maximum Gasteiger partial charge on any atom is 0.294 e. The summed E-state index contributed by atoms with van der Waals surface area (Å²) in [5, 5.41) is 11.2. The first-order chi connectivity index (χ1) is 13.2. The largest absolute Gasteiger partial charge is 0.354 e. The van der Waals surface area contributed by atoms with Crippen LogP contribution in [0.5, 0.6) is 0 Å². The highest BCUT2D eigenvalue weighted by molar-refractivity contribution is 5.92. The summed E-state index contributed by atoms with van der Waals surface area (Å²) in [5.41, 5.74) is 4.96. The van der Waals surface area contributed by atoms with Crippen LogP contribution in [-0.2, 0) is 4.84 Å². The summed E-state index contributed by atoms with van der Waals surface area (Å²) in [5.74, 6) is -0.275. The lowest BCUT2D eigenvalue weighted by molar-refractivity contribution is -0.758. The minimum Gasteiger partial charge on any atom is -0.354 e. The summed E-state index contributed by atoms with van der Waals surface area (Å²) in [6.07, 6.45) is 0. The number of H-pyrrole nitrogens is 1. The van der Waals surface area contributed by atoms with Gasteiger partial charge in [-0.15, -0.1) is 10.1 Å². The lowest BCUT2D eigenvalue weighted by atomic mass is 9.88. The Morgan fingerprint density at radius 1 is 0.889 bits per heavy atom. The molecule has 0 amide bonds. The van der Waals surface area contributed by atoms with Crippen LogP contribution in [0.3, 0.4) is 0 Å². The van der Waals surface area contributed by atoms with E-state index in [4.69, 9.17) is 4.84 Å². The zero-order chi connectivity index (χ0) is 18.6. The fourth-order valence-corrected chi connectivity index (χ4v) is 3.53. The SMILES string of the molecule is O=[N+]([O-])OCC(c1ccccc1)c1c(-c2ccccc2)[nH]c2ccccc12. The van der Waals surface area contributed by atoms with Crippen molar-refractivity contribution in [3.8, 4) is 11.3 Å². The van der Waals surface area contributed by atoms with Crippen LogP contribution in [0, 0.1) is 10.1 Å². The van der Waals surface area contributed by atoms with Gasteiger partial charge in [0.1, 0.15) is 6.61 Å². The van der Waals surface area contributed by atoms with Gasteiger partial charge >= 0.3 is 0 Å². The molecule has 5 heteroatoms. The van der Waals surface area contributed by atoms with Gasteiger partial charge < -0.3 is 9.82 Å². The third-order valence-corrected chi connectivity index (χ3v) is 4.71. The van der Waals surface area contributed by atoms with E-state index in [-0.39, 0.29) is 12.5 Å². The van der Waals surface area contributed by atoms with Gasteiger partial charge in [0, 0.05) is 16.8 Å². The summed E-state index contributed by atoms with van der Waals surface area (Å²) in [6, 6.07) is 27.8. The van der Waals surface area contributed by atoms with Crippen molar-refractivity contribution in [3.05, 3.63) is 106 Å². The zero-order valence-electron chi connectivity index (χ0n) is 14.5. The number of nitrogens with one attached hydrogen (secondary N) is 1. The highest BCUT2D eigenvalue weighted by atomic mass is 16.9. The molecule has 27 heavy (non-hydrogen) atoms. The van der Waals surface area contributed by atoms with E-state index in [9.17, 15) is 10.1 Å². The number of aromatic amines is 1. The van der Waals surface area contributed by atoms with Crippen LogP contribution in [0.2, 0.25) is 0 Å². The molecule has 0 aliphatic rings. The average molecular weight is 358 g/mol. The lowest BCUT2D eigenvalue weighted by Crippen LogP contribution is -2.13. The van der Waals surface area contributed by atoms with E-state index in [1.165, 1.54) is 0 Å². The first kappa shape index (κ1) is 16.8. The summed E-state index contributed by atoms with van der Waals surface area (Å²) < 4.78 is 0. The Labute approximate surface area is 156 Å². The molecule has 0 bridgehead atoms. The summed E-state index contributed by atoms with van der Waals surface area (Å²) in [7, 11) is 0. The number of aromatic nitrogens is 1. The van der Waals surface area contributed by atoms with Crippen LogP contribution < -0.4 is 0 Å². The molecule has 0 spiro atoms. The van der Waals surface area contributed by atoms with Crippen molar-refractivity contribution in [2.45, 2.75) is 5.92 Å². The minimum absolute atomic E-state index is 0.0430. The molecule has 1 unspecified atom stereocenters. The highest BCUT2D eigenvalue weighted by Crippen LogP contribution is 2.38. The second kappa shape index (κ2) is 7.33. The first-order valence-electron chi connectivity index (χ1n) is 8.72. The standard InChI is InChI=1S/C22H18N2O3/c25-24(26)27-15-19(16-9-3-1-4-10-16)21-18-13-7-8-14-20(18)23-22(21)17-11-5-2-6-12-17/h1-14,19,23H,15H2. The van der Waals surface area contributed by atoms with Gasteiger partial charge in [-0.3, -0.25) is 0 Å². The Kier molecular flexibility index (Phi) is 4.58. The van der Waals surface area contributed by atoms with Gasteiger partial charge in [0.25, 0.3) is 5.09 Å². The molecule has 0 radical (unpaired) electrons. The second-order valence-corrected chi connectivity index (χ2v) is 6.31. The van der Waals surface area contributed by atoms with Gasteiger partial charge in [-0.2, -0.15) is 0 Å². The Morgan fingerprint density at radius 2 is 1.52 bits per heavy atom. The minimum atomic E-state index is -0.729. The number of nitrogens with zero attached hydrogens (tertiary/aromatic N) is 1. The molecule has 1 N–H and O–H groups in total. The van der Waals surface area contributed by atoms with Crippen molar-refractivity contribution in [2.24, 2.45) is 0 Å². The lowest BCUT2D eigenvalue weighted by Gasteiger charge is -2.18. The molecule has 5 nitrogen and oxygen atoms in total. The molecule has 1 heterocycles. The second-order valence-electron chi connectivity index (χ2n) is 6.31. The van der Waals surface area contributed by atoms with Crippen molar-refractivity contribution < 1.29 is 9.92 Å². The molecule has 4 rings (SSSR count). The van der Waals surface area contributed by atoms with Crippen molar-refractivity contribution in [3.63, 3.8) is 0 Å². The van der Waals surface area contributed by atoms with Crippen LogP contribution in [0.4, 0.5) is 0 Å². The third-order valence-electron chi connectivity index (χ3n) is 4.71. The Bertz CT molecular complexity index is 1060. The van der Waals surface area contributed by atoms with E-state index in [1.807, 2.05) is 84.9 Å². The van der Waals surface area contributed by atoms with Crippen LogP contribution >= 0.6 is 0 Å². The van der Waals surface area contributed by atoms with Crippen LogP contribution in [0.25, 0.3) is 22.2 Å². The number of benzene rings is 3. The first-order valence-corrected chi connectivity index (χ1v) is 8.72. The van der Waals surface area contributed by atoms with Crippen LogP contribution in [-0.4, -0.2) is 16.7 Å². The van der Waals surface area contributed by atoms with E-state index in [1.54, 1.807) is 0 Å². The van der Waals surface area contributed by atoms with Gasteiger partial charge in [0.15, 0.2) is 0 Å². The number of para-hydroxylation sites is 1. The van der Waals surface area contributed by atoms with Crippen molar-refractivity contribution in [1.82, 2.24) is 4.98 Å². The van der Waals surface area contributed by atoms with Gasteiger partial charge in [-0.1, -0.05) is 78.9 Å². The highest BCUT2D eigenvalue weighted by Gasteiger charge is 2.24. The van der Waals surface area contributed by atoms with E-state index in [0.717, 1.165) is 33.3 Å². The average Bonchev–Trinajstić information content (AvgIpc) is 3.09. The third kappa shape index (κ3) is 3.40. The van der Waals surface area contributed by atoms with Crippen molar-refractivity contribution in [1.29, 1.82) is 0 Å². The summed E-state index contributed by atoms with van der Waals surface area (Å²) in [4.78, 5) is 19.2. The maximum atomic E-state index is 10.9. The Hall–Kier alpha value is -3.60. The normalized spacial score (nSPS) is 12.0. The topological polar surface area (TPSA) is 68.2 Å². The molecule has 4 aromatic rings. The molecular weight excluding hydrogens is 340 g/mol. The molecule has 0 aliphatic heterocycles. The quantitative estimate of drug-likeness (QED) is 0.382. The van der Waals surface area contributed by atoms with Gasteiger partial charge in [-0.05, 0) is 22.8 Å². The maximum absolute atomic E-state index is 10.9. The van der Waals surface area contributed by atoms with Gasteiger partial charge in [-0.25, -0.2) is 0 Å². The predicted molar refractivity (Wildman–Crippen MR) is 105 cm³/mol. The van der Waals surface area contributed by atoms with E-state index < -0.39 is 5.09 Å². The van der Waals surface area contributed by atoms with Crippen molar-refractivity contribution in [2.75, 3.05) is 6.61 Å². The monoisotopic (exact) mass is 358 g/mol. The molecular formula is C22H18N2O3. The van der Waals surface area contributed by atoms with E-state index in [2.05, 4.69) is 4.98 Å². The molecule has 1 aromatic heterocycles. The van der Waals surface area contributed by atoms with Gasteiger partial charge in [0.05, 0.1) is 5.69 Å². The molecule has 0 saturated carbocycles. The number of fused-ring (bicyclic) bond motifs is 1. The molecule has 134 valence electrons. The fourth-order valence-electron chi connectivity index (χ4n) is 3.53. The summed E-state index contributed by atoms with van der Waals surface area (Å²) in [6.45, 7) is -0.0430. The zero-order valence-corrected chi connectivity index (χ0v) is 14.5. The van der Waals surface area contributed by atoms with E-state index in [0.29, 0.717) is 0 Å². The molecule has 0 fully saturated rings. The predicted octanol–water partition coefficient (Wildman–Crippen LogP) is 5.18. The van der Waals surface area contributed by atoms with E-state index >= 15 is 0 Å². The fraction of sp³-hybridized carbons (Fsp3) is 0.0909. The molecule has 3 aromatic carbocycles. The number of hydrogen-bond acceptors (Lipinski definition) is 3. The Balaban J connectivity index is 1.94. The smallest absolute Gasteiger partial charge is 0.294 e. The summed E-state index contributed by atoms with van der Waals surface area (Å²) >= 11 is 0. The van der Waals surface area contributed by atoms with Crippen LogP contribution in [0.1, 0.15) is 17.0 Å².